The summed E-state index contributed by atoms with van der Waals surface area (Å²) < 4.78 is 83.5. The van der Waals surface area contributed by atoms with Gasteiger partial charge in [0.05, 0.1) is 5.56 Å². The van der Waals surface area contributed by atoms with Crippen LogP contribution in [0.4, 0.5) is 31.1 Å². The molecule has 0 unspecified atom stereocenters. The van der Waals surface area contributed by atoms with E-state index in [-0.39, 0.29) is 18.5 Å². The Morgan fingerprint density at radius 3 is 2.15 bits per heavy atom. The van der Waals surface area contributed by atoms with Crippen molar-refractivity contribution in [2.24, 2.45) is 0 Å². The van der Waals surface area contributed by atoms with Gasteiger partial charge in [-0.3, -0.25) is 0 Å². The van der Waals surface area contributed by atoms with Crippen molar-refractivity contribution in [2.75, 3.05) is 6.61 Å². The number of carbonyl (C=O) groups is 1. The molecule has 3 nitrogen and oxygen atoms in total. The molecule has 1 heterocycles. The lowest BCUT2D eigenvalue weighted by Crippen LogP contribution is -2.50. The summed E-state index contributed by atoms with van der Waals surface area (Å²) in [5.74, 6) is -11.6. The number of carbonyl (C=O) groups excluding carboxylic acids is 1. The molecule has 0 saturated carbocycles. The Kier molecular flexibility index (Phi) is 4.42. The van der Waals surface area contributed by atoms with Crippen molar-refractivity contribution >= 4 is 18.5 Å². The minimum absolute atomic E-state index is 0. The summed E-state index contributed by atoms with van der Waals surface area (Å²) in [4.78, 5) is 10.8. The molecule has 0 bridgehead atoms. The van der Waals surface area contributed by atoms with Crippen molar-refractivity contribution in [3.05, 3.63) is 34.9 Å². The fourth-order valence-electron chi connectivity index (χ4n) is 1.64. The van der Waals surface area contributed by atoms with Crippen molar-refractivity contribution in [1.29, 1.82) is 0 Å². The van der Waals surface area contributed by atoms with Crippen LogP contribution < -0.4 is 5.32 Å². The minimum atomic E-state index is -3.92. The van der Waals surface area contributed by atoms with Gasteiger partial charge in [0, 0.05) is 6.07 Å². The van der Waals surface area contributed by atoms with Crippen LogP contribution in [0.3, 0.4) is 0 Å². The Labute approximate surface area is 114 Å². The van der Waals surface area contributed by atoms with Crippen LogP contribution in [0.1, 0.15) is 11.6 Å². The van der Waals surface area contributed by atoms with E-state index in [0.29, 0.717) is 0 Å². The first-order valence-electron chi connectivity index (χ1n) is 4.88. The fourth-order valence-corrected chi connectivity index (χ4v) is 1.64. The van der Waals surface area contributed by atoms with Gasteiger partial charge in [0.1, 0.15) is 6.04 Å². The number of nitrogens with one attached hydrogen (secondary N) is 1. The molecule has 2 rings (SSSR count). The lowest BCUT2D eigenvalue weighted by molar-refractivity contribution is -0.105. The van der Waals surface area contributed by atoms with Crippen LogP contribution in [0, 0.1) is 23.3 Å². The minimum Gasteiger partial charge on any atom is -0.443 e. The molecule has 112 valence electrons. The van der Waals surface area contributed by atoms with Crippen LogP contribution in [-0.4, -0.2) is 18.6 Å². The van der Waals surface area contributed by atoms with Gasteiger partial charge in [-0.15, -0.1) is 12.4 Å². The molecule has 0 aliphatic carbocycles. The van der Waals surface area contributed by atoms with Gasteiger partial charge in [-0.2, -0.15) is 0 Å². The van der Waals surface area contributed by atoms with Crippen molar-refractivity contribution < 1.29 is 35.9 Å². The molecule has 1 atom stereocenters. The molecule has 1 aliphatic heterocycles. The van der Waals surface area contributed by atoms with Gasteiger partial charge in [-0.25, -0.2) is 31.1 Å². The molecule has 1 N–H and O–H groups in total. The molecule has 1 saturated heterocycles. The third-order valence-electron chi connectivity index (χ3n) is 2.51. The number of amides is 1. The van der Waals surface area contributed by atoms with Gasteiger partial charge >= 0.3 is 12.0 Å². The van der Waals surface area contributed by atoms with Crippen LogP contribution >= 0.6 is 12.4 Å². The van der Waals surface area contributed by atoms with E-state index >= 15 is 0 Å². The van der Waals surface area contributed by atoms with Crippen LogP contribution in [0.25, 0.3) is 0 Å². The van der Waals surface area contributed by atoms with E-state index in [4.69, 9.17) is 0 Å². The smallest absolute Gasteiger partial charge is 0.408 e. The molecule has 1 aromatic rings. The standard InChI is InChI=1S/C10H5F6NO2.ClH/c11-3-1-4(12)7(14)5(6(3)13)8-10(15,16)2-19-9(18)17-8;/h1,8H,2H2,(H,17,18);1H/t8-;/m1./s1. The Morgan fingerprint density at radius 2 is 1.65 bits per heavy atom. The second-order valence-corrected chi connectivity index (χ2v) is 3.80. The van der Waals surface area contributed by atoms with Crippen molar-refractivity contribution in [3.63, 3.8) is 0 Å². The summed E-state index contributed by atoms with van der Waals surface area (Å²) in [5, 5.41) is 1.43. The molecule has 0 radical (unpaired) electrons. The Morgan fingerprint density at radius 1 is 1.15 bits per heavy atom. The third-order valence-corrected chi connectivity index (χ3v) is 2.51. The maximum Gasteiger partial charge on any atom is 0.408 e. The van der Waals surface area contributed by atoms with E-state index < -0.39 is 53.5 Å². The van der Waals surface area contributed by atoms with E-state index in [1.165, 1.54) is 5.32 Å². The van der Waals surface area contributed by atoms with Crippen LogP contribution in [0.5, 0.6) is 0 Å². The predicted molar refractivity (Wildman–Crippen MR) is 55.7 cm³/mol. The monoisotopic (exact) mass is 321 g/mol. The molecule has 1 amide bonds. The molecule has 0 spiro atoms. The maximum atomic E-state index is 13.4. The van der Waals surface area contributed by atoms with Gasteiger partial charge in [-0.05, 0) is 0 Å². The molecule has 20 heavy (non-hydrogen) atoms. The maximum absolute atomic E-state index is 13.4. The highest BCUT2D eigenvalue weighted by Gasteiger charge is 2.49. The van der Waals surface area contributed by atoms with Gasteiger partial charge in [0.2, 0.25) is 0 Å². The molecule has 1 aromatic carbocycles. The highest BCUT2D eigenvalue weighted by atomic mass is 35.5. The summed E-state index contributed by atoms with van der Waals surface area (Å²) in [6.07, 6.45) is -1.38. The van der Waals surface area contributed by atoms with Gasteiger partial charge in [-0.1, -0.05) is 0 Å². The number of ether oxygens (including phenoxy) is 1. The van der Waals surface area contributed by atoms with Gasteiger partial charge < -0.3 is 10.1 Å². The van der Waals surface area contributed by atoms with E-state index in [1.54, 1.807) is 0 Å². The number of alkyl carbamates (subject to hydrolysis) is 1. The van der Waals surface area contributed by atoms with E-state index in [2.05, 4.69) is 4.74 Å². The third kappa shape index (κ3) is 2.62. The summed E-state index contributed by atoms with van der Waals surface area (Å²) in [6.45, 7) is -1.46. The van der Waals surface area contributed by atoms with E-state index in [1.807, 2.05) is 0 Å². The number of cyclic esters (lactones) is 1. The van der Waals surface area contributed by atoms with E-state index in [0.717, 1.165) is 0 Å². The second-order valence-electron chi connectivity index (χ2n) is 3.80. The summed E-state index contributed by atoms with van der Waals surface area (Å²) >= 11 is 0. The largest absolute Gasteiger partial charge is 0.443 e. The zero-order valence-electron chi connectivity index (χ0n) is 9.35. The van der Waals surface area contributed by atoms with Crippen LogP contribution in [0.15, 0.2) is 6.07 Å². The van der Waals surface area contributed by atoms with Crippen molar-refractivity contribution in [2.45, 2.75) is 12.0 Å². The van der Waals surface area contributed by atoms with Crippen molar-refractivity contribution in [1.82, 2.24) is 5.32 Å². The summed E-state index contributed by atoms with van der Waals surface area (Å²) in [7, 11) is 0. The normalized spacial score (nSPS) is 20.7. The molecule has 0 aromatic heterocycles. The second kappa shape index (κ2) is 5.39. The van der Waals surface area contributed by atoms with Crippen LogP contribution in [0.2, 0.25) is 0 Å². The first kappa shape index (κ1) is 16.4. The SMILES string of the molecule is Cl.O=C1N[C@H](c2c(F)c(F)cc(F)c2F)C(F)(F)CO1. The number of hydrogen-bond acceptors (Lipinski definition) is 2. The average molecular weight is 322 g/mol. The van der Waals surface area contributed by atoms with E-state index in [9.17, 15) is 31.1 Å². The lowest BCUT2D eigenvalue weighted by Gasteiger charge is -2.32. The molecular weight excluding hydrogens is 316 g/mol. The molecule has 1 aliphatic rings. The average Bonchev–Trinajstić information content (AvgIpc) is 2.32. The summed E-state index contributed by atoms with van der Waals surface area (Å²) in [5.41, 5.74) is -1.58. The molecule has 1 fully saturated rings. The molecular formula is C10H6ClF6NO2. The zero-order valence-corrected chi connectivity index (χ0v) is 10.2. The summed E-state index contributed by atoms with van der Waals surface area (Å²) in [6, 6.07) is -2.67. The number of benzene rings is 1. The van der Waals surface area contributed by atoms with Crippen molar-refractivity contribution in [3.8, 4) is 0 Å². The Balaban J connectivity index is 0.00000200. The van der Waals surface area contributed by atoms with Gasteiger partial charge in [0.15, 0.2) is 29.9 Å². The Hall–Kier alpha value is -1.64. The predicted octanol–water partition coefficient (Wildman–Crippen LogP) is 3.08. The first-order chi connectivity index (χ1) is 8.74. The fraction of sp³-hybridized carbons (Fsp3) is 0.300. The zero-order chi connectivity index (χ0) is 14.4. The number of rotatable bonds is 1. The highest BCUT2D eigenvalue weighted by molar-refractivity contribution is 5.85. The lowest BCUT2D eigenvalue weighted by atomic mass is 9.98. The van der Waals surface area contributed by atoms with Crippen LogP contribution in [-0.2, 0) is 4.74 Å². The number of halogens is 7. The quantitative estimate of drug-likeness (QED) is 0.637. The topological polar surface area (TPSA) is 38.3 Å². The van der Waals surface area contributed by atoms with Gasteiger partial charge in [0.25, 0.3) is 0 Å². The molecule has 10 heteroatoms. The Bertz CT molecular complexity index is 527. The number of hydrogen-bond donors (Lipinski definition) is 1. The highest BCUT2D eigenvalue weighted by Crippen LogP contribution is 2.37. The number of alkyl halides is 2. The first-order valence-corrected chi connectivity index (χ1v) is 4.88.